The Balaban J connectivity index is -0.0000000303. The Morgan fingerprint density at radius 1 is 0.698 bits per heavy atom. The van der Waals surface area contributed by atoms with Crippen LogP contribution in [0.25, 0.3) is 0 Å². The van der Waals surface area contributed by atoms with Crippen molar-refractivity contribution >= 4 is 12.2 Å². The topological polar surface area (TPSA) is 176 Å². The number of hydrogen-bond acceptors (Lipinski definition) is 12. The van der Waals surface area contributed by atoms with Crippen LogP contribution in [0.4, 0.5) is 9.59 Å². The van der Waals surface area contributed by atoms with Gasteiger partial charge in [0, 0.05) is 20.4 Å². The van der Waals surface area contributed by atoms with E-state index in [0.717, 1.165) is 6.54 Å². The molecule has 0 saturated carbocycles. The van der Waals surface area contributed by atoms with E-state index in [2.05, 4.69) is 47.7 Å². The van der Waals surface area contributed by atoms with Gasteiger partial charge in [-0.3, -0.25) is 5.32 Å². The summed E-state index contributed by atoms with van der Waals surface area (Å²) in [6.07, 6.45) is 2.33. The van der Waals surface area contributed by atoms with Crippen LogP contribution < -0.4 is 32.3 Å². The number of nitrogens with two attached hydrogens (primary N) is 1. The second kappa shape index (κ2) is 83.4. The Hall–Kier alpha value is -2.36. The summed E-state index contributed by atoms with van der Waals surface area (Å²) in [6, 6.07) is 0. The van der Waals surface area contributed by atoms with E-state index >= 15 is 0 Å². The highest BCUT2D eigenvalue weighted by Gasteiger charge is 1.97. The number of hydrogen-bond donors (Lipinski definition) is 6. The summed E-state index contributed by atoms with van der Waals surface area (Å²) in [5, 5.41) is 13.3. The van der Waals surface area contributed by atoms with E-state index in [9.17, 15) is 9.59 Å². The van der Waals surface area contributed by atoms with Crippen LogP contribution in [-0.2, 0) is 28.4 Å². The third-order valence-corrected chi connectivity index (χ3v) is 2.86. The van der Waals surface area contributed by atoms with Crippen LogP contribution in [0, 0.1) is 0 Å². The highest BCUT2D eigenvalue weighted by atomic mass is 16.6. The van der Waals surface area contributed by atoms with Gasteiger partial charge in [-0.1, -0.05) is 66.3 Å². The first-order valence-corrected chi connectivity index (χ1v) is 11.3. The minimum atomic E-state index is -0.478. The molecule has 0 aliphatic carbocycles. The molecular weight excluding hydrogens is 560 g/mol. The van der Waals surface area contributed by atoms with Gasteiger partial charge in [0.25, 0.3) is 0 Å². The predicted molar refractivity (Wildman–Crippen MR) is 190 cm³/mol. The van der Waals surface area contributed by atoms with Crippen LogP contribution in [0.1, 0.15) is 80.2 Å². The minimum Gasteiger partial charge on any atom is -0.497 e. The quantitative estimate of drug-likeness (QED) is 0.0738. The molecule has 0 fully saturated rings. The number of carbonyl (C=O) groups is 2. The van der Waals surface area contributed by atoms with E-state index in [-0.39, 0.29) is 79.0 Å². The lowest BCUT2D eigenvalue weighted by atomic mass is 10.8. The molecule has 14 nitrogen and oxygen atoms in total. The molecule has 0 aromatic carbocycles. The van der Waals surface area contributed by atoms with Crippen molar-refractivity contribution in [3.8, 4) is 0 Å². The third kappa shape index (κ3) is 110. The lowest BCUT2D eigenvalue weighted by Crippen LogP contribution is -2.32. The van der Waals surface area contributed by atoms with E-state index < -0.39 is 6.09 Å². The molecule has 0 bridgehead atoms. The van der Waals surface area contributed by atoms with Crippen molar-refractivity contribution in [2.45, 2.75) is 80.2 Å². The molecular formula is C29H82N6O8. The number of carbonyl (C=O) groups excluding carboxylic acids is 2. The number of rotatable bonds is 16. The molecule has 0 heterocycles. The standard InChI is InChI=1S/C9H18N2O4.C5H12N2O2.C4H11NO2.C3H9N.8CH4/c1-3-15-9(12)11-8-14-7-6-13-5-4-10-2;1-3-9-5(8)7-4-6-2;1-6-2-3-7-4-5;1-3-4-2;;;;;;;;/h4-5,10H,3,6-8H2,1-2H3,(H,11,12);6H,3-4H2,1-2H3,(H,7,8);2-5H2,1H3;4H,3H2,1-2H3;8*1H4/b5-4+;;;;;;;;;;;. The van der Waals surface area contributed by atoms with Crippen LogP contribution >= 0.6 is 0 Å². The Morgan fingerprint density at radius 3 is 1.53 bits per heavy atom. The fourth-order valence-corrected chi connectivity index (χ4v) is 1.22. The molecule has 0 aromatic rings. The summed E-state index contributed by atoms with van der Waals surface area (Å²) >= 11 is 0. The molecule has 2 amide bonds. The highest BCUT2D eigenvalue weighted by molar-refractivity contribution is 5.67. The summed E-state index contributed by atoms with van der Waals surface area (Å²) in [5.74, 6) is 0. The fraction of sp³-hybridized carbons (Fsp3) is 0.862. The largest absolute Gasteiger partial charge is 0.497 e. The minimum absolute atomic E-state index is 0. The van der Waals surface area contributed by atoms with Crippen molar-refractivity contribution < 1.29 is 38.0 Å². The lowest BCUT2D eigenvalue weighted by Gasteiger charge is -2.06. The van der Waals surface area contributed by atoms with E-state index in [1.165, 1.54) is 6.26 Å². The maximum atomic E-state index is 10.8. The molecule has 0 aliphatic heterocycles. The number of methoxy groups -OCH3 is 1. The van der Waals surface area contributed by atoms with Gasteiger partial charge in [0.1, 0.15) is 13.3 Å². The number of amides is 2. The van der Waals surface area contributed by atoms with Crippen molar-refractivity contribution in [2.24, 2.45) is 5.73 Å². The van der Waals surface area contributed by atoms with Crippen molar-refractivity contribution in [3.05, 3.63) is 12.5 Å². The van der Waals surface area contributed by atoms with Gasteiger partial charge in [-0.25, -0.2) is 9.59 Å². The average Bonchev–Trinajstić information content (AvgIpc) is 2.86. The van der Waals surface area contributed by atoms with Crippen LogP contribution in [0.15, 0.2) is 12.5 Å². The Labute approximate surface area is 269 Å². The summed E-state index contributed by atoms with van der Waals surface area (Å²) in [5.41, 5.74) is 4.99. The van der Waals surface area contributed by atoms with Gasteiger partial charge in [0.05, 0.1) is 52.7 Å². The molecule has 0 unspecified atom stereocenters. The summed E-state index contributed by atoms with van der Waals surface area (Å²) in [6.45, 7) is 10.3. The van der Waals surface area contributed by atoms with Crippen molar-refractivity contribution in [3.63, 3.8) is 0 Å². The van der Waals surface area contributed by atoms with Gasteiger partial charge in [-0.15, -0.1) is 0 Å². The first-order valence-electron chi connectivity index (χ1n) is 11.3. The van der Waals surface area contributed by atoms with Crippen LogP contribution in [0.2, 0.25) is 0 Å². The van der Waals surface area contributed by atoms with Crippen LogP contribution in [0.5, 0.6) is 0 Å². The average molecular weight is 643 g/mol. The normalized spacial score (nSPS) is 7.53. The first-order chi connectivity index (χ1) is 16.9. The van der Waals surface area contributed by atoms with Crippen molar-refractivity contribution in [1.29, 1.82) is 0 Å². The van der Waals surface area contributed by atoms with E-state index in [1.807, 2.05) is 7.05 Å². The first kappa shape index (κ1) is 77.9. The number of alkyl carbamates (subject to hydrolysis) is 2. The van der Waals surface area contributed by atoms with E-state index in [0.29, 0.717) is 46.3 Å². The number of nitrogens with one attached hydrogen (secondary N) is 5. The summed E-state index contributed by atoms with van der Waals surface area (Å²) in [4.78, 5) is 21.2. The molecule has 14 heteroatoms. The van der Waals surface area contributed by atoms with Gasteiger partial charge >= 0.3 is 12.2 Å². The molecule has 0 aromatic heterocycles. The maximum Gasteiger partial charge on any atom is 0.408 e. The third-order valence-electron chi connectivity index (χ3n) is 2.86. The zero-order valence-electron chi connectivity index (χ0n) is 22.6. The molecule has 7 N–H and O–H groups in total. The van der Waals surface area contributed by atoms with Gasteiger partial charge in [-0.2, -0.15) is 0 Å². The maximum absolute atomic E-state index is 10.8. The molecule has 0 saturated heterocycles. The molecule has 0 aliphatic rings. The second-order valence-corrected chi connectivity index (χ2v) is 5.61. The van der Waals surface area contributed by atoms with Crippen LogP contribution in [0.3, 0.4) is 0 Å². The van der Waals surface area contributed by atoms with Gasteiger partial charge < -0.3 is 55.4 Å². The molecule has 0 rings (SSSR count). The van der Waals surface area contributed by atoms with E-state index in [1.54, 1.807) is 41.3 Å². The van der Waals surface area contributed by atoms with Gasteiger partial charge in [-0.05, 0) is 34.5 Å². The zero-order chi connectivity index (χ0) is 27.4. The molecule has 43 heavy (non-hydrogen) atoms. The van der Waals surface area contributed by atoms with Crippen LogP contribution in [-0.4, -0.2) is 107 Å². The second-order valence-electron chi connectivity index (χ2n) is 5.61. The Bertz CT molecular complexity index is 434. The Kier molecular flexibility index (Phi) is 151. The molecule has 0 radical (unpaired) electrons. The number of ether oxygens (including phenoxy) is 6. The SMILES string of the molecule is C.C.C.C.C.C.C.C.CCNC.CCOC(=O)NCNC.CCOC(=O)NCOCCO/C=C/NC.COCCOCN. The fourth-order valence-electron chi connectivity index (χ4n) is 1.22. The molecule has 0 atom stereocenters. The highest BCUT2D eigenvalue weighted by Crippen LogP contribution is 1.80. The van der Waals surface area contributed by atoms with Crippen molar-refractivity contribution in [2.75, 3.05) is 94.6 Å². The summed E-state index contributed by atoms with van der Waals surface area (Å²) < 4.78 is 28.6. The van der Waals surface area contributed by atoms with E-state index in [4.69, 9.17) is 19.9 Å². The zero-order valence-corrected chi connectivity index (χ0v) is 22.6. The summed E-state index contributed by atoms with van der Waals surface area (Å²) in [7, 11) is 7.08. The van der Waals surface area contributed by atoms with Crippen molar-refractivity contribution in [1.82, 2.24) is 26.6 Å². The molecule has 276 valence electrons. The monoisotopic (exact) mass is 643 g/mol. The van der Waals surface area contributed by atoms with Gasteiger partial charge in [0.15, 0.2) is 0 Å². The molecule has 0 spiro atoms. The lowest BCUT2D eigenvalue weighted by molar-refractivity contribution is 0.0672. The predicted octanol–water partition coefficient (Wildman–Crippen LogP) is 5.20. The Morgan fingerprint density at radius 2 is 1.16 bits per heavy atom. The smallest absolute Gasteiger partial charge is 0.408 e. The van der Waals surface area contributed by atoms with Gasteiger partial charge in [0.2, 0.25) is 0 Å².